The lowest BCUT2D eigenvalue weighted by Gasteiger charge is -2.23. The van der Waals surface area contributed by atoms with Crippen LogP contribution in [0.5, 0.6) is 0 Å². The Morgan fingerprint density at radius 2 is 1.87 bits per heavy atom. The van der Waals surface area contributed by atoms with E-state index in [1.807, 2.05) is 13.8 Å². The summed E-state index contributed by atoms with van der Waals surface area (Å²) < 4.78 is 24.6. The molecule has 122 valence electrons. The van der Waals surface area contributed by atoms with Crippen molar-refractivity contribution in [2.75, 3.05) is 17.2 Å². The lowest BCUT2D eigenvalue weighted by Crippen LogP contribution is -2.32. The molecular formula is C17H20N2O3S. The van der Waals surface area contributed by atoms with Crippen LogP contribution < -0.4 is 4.90 Å². The number of sulfone groups is 1. The number of pyridine rings is 1. The number of rotatable bonds is 5. The molecule has 0 fully saturated rings. The van der Waals surface area contributed by atoms with Crippen molar-refractivity contribution in [3.63, 3.8) is 0 Å². The molecule has 0 aliphatic rings. The van der Waals surface area contributed by atoms with Crippen LogP contribution in [0.25, 0.3) is 0 Å². The molecule has 0 saturated heterocycles. The molecule has 1 aromatic carbocycles. The molecule has 2 aromatic rings. The molecular weight excluding hydrogens is 312 g/mol. The van der Waals surface area contributed by atoms with Crippen LogP contribution in [0.15, 0.2) is 47.6 Å². The Morgan fingerprint density at radius 1 is 1.17 bits per heavy atom. The summed E-state index contributed by atoms with van der Waals surface area (Å²) in [6.45, 7) is 5.63. The zero-order chi connectivity index (χ0) is 17.0. The zero-order valence-corrected chi connectivity index (χ0v) is 14.3. The summed E-state index contributed by atoms with van der Waals surface area (Å²) in [6, 6.07) is 8.34. The molecule has 2 rings (SSSR count). The molecule has 1 amide bonds. The quantitative estimate of drug-likeness (QED) is 0.844. The van der Waals surface area contributed by atoms with Gasteiger partial charge in [-0.2, -0.15) is 0 Å². The number of hydrogen-bond acceptors (Lipinski definition) is 4. The Bertz CT molecular complexity index is 816. The fourth-order valence-electron chi connectivity index (χ4n) is 2.35. The number of carbonyl (C=O) groups excluding carboxylic acids is 1. The molecule has 0 saturated carbocycles. The minimum Gasteiger partial charge on any atom is -0.307 e. The molecule has 0 bridgehead atoms. The molecule has 23 heavy (non-hydrogen) atoms. The van der Waals surface area contributed by atoms with Gasteiger partial charge in [-0.05, 0) is 37.6 Å². The fourth-order valence-corrected chi connectivity index (χ4v) is 3.44. The maximum absolute atomic E-state index is 12.8. The van der Waals surface area contributed by atoms with E-state index in [4.69, 9.17) is 0 Å². The second kappa shape index (κ2) is 6.91. The number of aromatic nitrogens is 1. The van der Waals surface area contributed by atoms with Gasteiger partial charge in [0.2, 0.25) is 0 Å². The van der Waals surface area contributed by atoms with Gasteiger partial charge in [-0.25, -0.2) is 8.42 Å². The van der Waals surface area contributed by atoms with Gasteiger partial charge < -0.3 is 4.90 Å². The summed E-state index contributed by atoms with van der Waals surface area (Å²) in [5.74, 6) is -0.274. The standard InChI is InChI=1S/C17H20N2O3S/c1-4-19(17(20)14-10-13(3)11-18-12-14)15-8-6-7-9-16(15)23(21,22)5-2/h6-12H,4-5H2,1-3H3. The summed E-state index contributed by atoms with van der Waals surface area (Å²) in [6.07, 6.45) is 3.16. The maximum atomic E-state index is 12.8. The van der Waals surface area contributed by atoms with Crippen molar-refractivity contribution < 1.29 is 13.2 Å². The molecule has 0 spiro atoms. The van der Waals surface area contributed by atoms with Crippen molar-refractivity contribution in [1.29, 1.82) is 0 Å². The van der Waals surface area contributed by atoms with Crippen LogP contribution in [0.2, 0.25) is 0 Å². The van der Waals surface area contributed by atoms with Gasteiger partial charge in [-0.15, -0.1) is 0 Å². The highest BCUT2D eigenvalue weighted by Crippen LogP contribution is 2.27. The maximum Gasteiger partial charge on any atom is 0.259 e. The number of nitrogens with zero attached hydrogens (tertiary/aromatic N) is 2. The molecule has 0 unspecified atom stereocenters. The van der Waals surface area contributed by atoms with E-state index in [0.29, 0.717) is 17.8 Å². The van der Waals surface area contributed by atoms with Gasteiger partial charge in [0.05, 0.1) is 21.9 Å². The number of anilines is 1. The number of carbonyl (C=O) groups is 1. The van der Waals surface area contributed by atoms with Crippen LogP contribution in [0.4, 0.5) is 5.69 Å². The van der Waals surface area contributed by atoms with Gasteiger partial charge in [0.15, 0.2) is 9.84 Å². The first-order chi connectivity index (χ1) is 10.9. The Kier molecular flexibility index (Phi) is 5.15. The average Bonchev–Trinajstić information content (AvgIpc) is 2.56. The Balaban J connectivity index is 2.53. The van der Waals surface area contributed by atoms with E-state index < -0.39 is 9.84 Å². The first-order valence-electron chi connectivity index (χ1n) is 7.46. The molecule has 0 atom stereocenters. The summed E-state index contributed by atoms with van der Waals surface area (Å²) in [7, 11) is -3.42. The smallest absolute Gasteiger partial charge is 0.259 e. The van der Waals surface area contributed by atoms with Crippen molar-refractivity contribution in [3.8, 4) is 0 Å². The Morgan fingerprint density at radius 3 is 2.48 bits per heavy atom. The van der Waals surface area contributed by atoms with Crippen molar-refractivity contribution in [2.45, 2.75) is 25.7 Å². The van der Waals surface area contributed by atoms with E-state index in [2.05, 4.69) is 4.98 Å². The lowest BCUT2D eigenvalue weighted by atomic mass is 10.2. The SMILES string of the molecule is CCN(C(=O)c1cncc(C)c1)c1ccccc1S(=O)(=O)CC. The highest BCUT2D eigenvalue weighted by molar-refractivity contribution is 7.91. The predicted octanol–water partition coefficient (Wildman–Crippen LogP) is 2.85. The highest BCUT2D eigenvalue weighted by Gasteiger charge is 2.24. The number of hydrogen-bond donors (Lipinski definition) is 0. The third-order valence-corrected chi connectivity index (χ3v) is 5.33. The van der Waals surface area contributed by atoms with Crippen LogP contribution in [-0.4, -0.2) is 31.6 Å². The van der Waals surface area contributed by atoms with Crippen molar-refractivity contribution in [2.24, 2.45) is 0 Å². The summed E-state index contributed by atoms with van der Waals surface area (Å²) in [4.78, 5) is 18.5. The lowest BCUT2D eigenvalue weighted by molar-refractivity contribution is 0.0987. The van der Waals surface area contributed by atoms with Gasteiger partial charge in [0.25, 0.3) is 5.91 Å². The van der Waals surface area contributed by atoms with Crippen LogP contribution >= 0.6 is 0 Å². The topological polar surface area (TPSA) is 67.3 Å². The monoisotopic (exact) mass is 332 g/mol. The second-order valence-electron chi connectivity index (χ2n) is 5.17. The van der Waals surface area contributed by atoms with Gasteiger partial charge in [0, 0.05) is 18.9 Å². The van der Waals surface area contributed by atoms with Crippen molar-refractivity contribution >= 4 is 21.4 Å². The minimum absolute atomic E-state index is 0.0121. The van der Waals surface area contributed by atoms with Crippen molar-refractivity contribution in [3.05, 3.63) is 53.9 Å². The summed E-state index contributed by atoms with van der Waals surface area (Å²) in [5, 5.41) is 0. The van der Waals surface area contributed by atoms with E-state index in [1.165, 1.54) is 11.1 Å². The number of para-hydroxylation sites is 1. The molecule has 1 heterocycles. The minimum atomic E-state index is -3.42. The van der Waals surface area contributed by atoms with Gasteiger partial charge in [-0.1, -0.05) is 19.1 Å². The van der Waals surface area contributed by atoms with Crippen molar-refractivity contribution in [1.82, 2.24) is 4.98 Å². The average molecular weight is 332 g/mol. The van der Waals surface area contributed by atoms with Gasteiger partial charge in [-0.3, -0.25) is 9.78 Å². The molecule has 0 N–H and O–H groups in total. The molecule has 0 radical (unpaired) electrons. The molecule has 1 aromatic heterocycles. The van der Waals surface area contributed by atoms with E-state index >= 15 is 0 Å². The second-order valence-corrected chi connectivity index (χ2v) is 7.42. The molecule has 0 aliphatic carbocycles. The van der Waals surface area contributed by atoms with Gasteiger partial charge in [0.1, 0.15) is 0 Å². The van der Waals surface area contributed by atoms with E-state index in [1.54, 1.807) is 43.5 Å². The number of amides is 1. The Labute approximate surface area is 136 Å². The van der Waals surface area contributed by atoms with E-state index in [0.717, 1.165) is 5.56 Å². The van der Waals surface area contributed by atoms with E-state index in [9.17, 15) is 13.2 Å². The summed E-state index contributed by atoms with van der Waals surface area (Å²) in [5.41, 5.74) is 1.72. The number of aryl methyl sites for hydroxylation is 1. The largest absolute Gasteiger partial charge is 0.307 e. The third-order valence-electron chi connectivity index (χ3n) is 3.55. The van der Waals surface area contributed by atoms with Crippen LogP contribution in [0, 0.1) is 6.92 Å². The molecule has 0 aliphatic heterocycles. The van der Waals surface area contributed by atoms with Crippen LogP contribution in [0.3, 0.4) is 0 Å². The van der Waals surface area contributed by atoms with Crippen LogP contribution in [-0.2, 0) is 9.84 Å². The molecule has 5 nitrogen and oxygen atoms in total. The first-order valence-corrected chi connectivity index (χ1v) is 9.11. The normalized spacial score (nSPS) is 11.3. The predicted molar refractivity (Wildman–Crippen MR) is 90.5 cm³/mol. The van der Waals surface area contributed by atoms with Gasteiger partial charge >= 0.3 is 0 Å². The van der Waals surface area contributed by atoms with Crippen LogP contribution in [0.1, 0.15) is 29.8 Å². The van der Waals surface area contributed by atoms with E-state index in [-0.39, 0.29) is 16.6 Å². The zero-order valence-electron chi connectivity index (χ0n) is 13.5. The summed E-state index contributed by atoms with van der Waals surface area (Å²) >= 11 is 0. The third kappa shape index (κ3) is 3.59. The highest BCUT2D eigenvalue weighted by atomic mass is 32.2. The first kappa shape index (κ1) is 17.1. The Hall–Kier alpha value is -2.21. The molecule has 6 heteroatoms. The number of benzene rings is 1. The fraction of sp³-hybridized carbons (Fsp3) is 0.294.